The number of hydrogen-bond acceptors (Lipinski definition) is 4. The number of carbonyl (C=O) groups is 2. The van der Waals surface area contributed by atoms with Crippen LogP contribution in [0.5, 0.6) is 0 Å². The van der Waals surface area contributed by atoms with E-state index in [-0.39, 0.29) is 23.7 Å². The van der Waals surface area contributed by atoms with Crippen molar-refractivity contribution in [3.8, 4) is 5.69 Å². The van der Waals surface area contributed by atoms with Crippen molar-refractivity contribution in [3.05, 3.63) is 47.7 Å². The maximum absolute atomic E-state index is 12.8. The summed E-state index contributed by atoms with van der Waals surface area (Å²) in [7, 11) is 0. The van der Waals surface area contributed by atoms with Crippen LogP contribution in [0.25, 0.3) is 5.69 Å². The van der Waals surface area contributed by atoms with Gasteiger partial charge in [-0.1, -0.05) is 43.7 Å². The van der Waals surface area contributed by atoms with Gasteiger partial charge in [-0.05, 0) is 64.0 Å². The molecule has 0 radical (unpaired) electrons. The molecule has 0 atom stereocenters. The van der Waals surface area contributed by atoms with Crippen molar-refractivity contribution < 1.29 is 9.59 Å². The Balaban J connectivity index is 1.44. The summed E-state index contributed by atoms with van der Waals surface area (Å²) in [4.78, 5) is 27.7. The van der Waals surface area contributed by atoms with E-state index in [0.29, 0.717) is 0 Å². The summed E-state index contributed by atoms with van der Waals surface area (Å²) in [6, 6.07) is 10.00. The molecule has 0 spiro atoms. The van der Waals surface area contributed by atoms with Crippen LogP contribution in [-0.2, 0) is 9.59 Å². The molecule has 1 aromatic heterocycles. The van der Waals surface area contributed by atoms with E-state index < -0.39 is 0 Å². The number of rotatable bonds is 8. The second-order valence-electron chi connectivity index (χ2n) is 10.1. The zero-order chi connectivity index (χ0) is 24.8. The average molecular weight is 478 g/mol. The molecule has 0 saturated carbocycles. The number of aromatic nitrogens is 2. The van der Waals surface area contributed by atoms with Crippen LogP contribution >= 0.6 is 0 Å². The molecule has 7 nitrogen and oxygen atoms in total. The first-order valence-electron chi connectivity index (χ1n) is 13.1. The SMILES string of the molecule is Cc1nn(-c2ccccc2)c(N2CCC(C(=O)NCCC3=CCCCC3)CC2)c1NC(=O)C(C)C. The highest BCUT2D eigenvalue weighted by Crippen LogP contribution is 2.35. The number of amides is 2. The summed E-state index contributed by atoms with van der Waals surface area (Å²) < 4.78 is 1.92. The van der Waals surface area contributed by atoms with Crippen LogP contribution in [-0.4, -0.2) is 41.2 Å². The van der Waals surface area contributed by atoms with E-state index in [0.717, 1.165) is 61.8 Å². The van der Waals surface area contributed by atoms with E-state index in [1.54, 1.807) is 0 Å². The standard InChI is InChI=1S/C28H39N5O2/c1-20(2)26(34)30-25-21(3)31-33(24-12-8-5-9-13-24)28(25)32-18-15-23(16-19-32)27(35)29-17-14-22-10-6-4-7-11-22/h5,8-10,12-13,20,23H,4,6-7,11,14-19H2,1-3H3,(H,29,35)(H,30,34). The minimum atomic E-state index is -0.124. The fraction of sp³-hybridized carbons (Fsp3) is 0.536. The van der Waals surface area contributed by atoms with E-state index in [9.17, 15) is 9.59 Å². The predicted molar refractivity (Wildman–Crippen MR) is 141 cm³/mol. The van der Waals surface area contributed by atoms with Crippen molar-refractivity contribution in [2.24, 2.45) is 11.8 Å². The summed E-state index contributed by atoms with van der Waals surface area (Å²) in [5, 5.41) is 11.1. The van der Waals surface area contributed by atoms with Gasteiger partial charge >= 0.3 is 0 Å². The number of anilines is 2. The monoisotopic (exact) mass is 477 g/mol. The third-order valence-electron chi connectivity index (χ3n) is 7.11. The Labute approximate surface area is 209 Å². The summed E-state index contributed by atoms with van der Waals surface area (Å²) in [5.74, 6) is 0.938. The molecule has 35 heavy (non-hydrogen) atoms. The third-order valence-corrected chi connectivity index (χ3v) is 7.11. The number of nitrogens with one attached hydrogen (secondary N) is 2. The van der Waals surface area contributed by atoms with Gasteiger partial charge in [0.05, 0.1) is 11.4 Å². The Morgan fingerprint density at radius 2 is 1.86 bits per heavy atom. The highest BCUT2D eigenvalue weighted by Gasteiger charge is 2.30. The van der Waals surface area contributed by atoms with Gasteiger partial charge in [0, 0.05) is 31.5 Å². The molecule has 2 heterocycles. The third kappa shape index (κ3) is 6.13. The molecule has 0 unspecified atom stereocenters. The van der Waals surface area contributed by atoms with Gasteiger partial charge in [0.15, 0.2) is 5.82 Å². The molecule has 1 aliphatic heterocycles. The van der Waals surface area contributed by atoms with Crippen LogP contribution in [0.2, 0.25) is 0 Å². The summed E-state index contributed by atoms with van der Waals surface area (Å²) in [6.07, 6.45) is 9.81. The molecule has 0 bridgehead atoms. The van der Waals surface area contributed by atoms with Crippen LogP contribution in [0.1, 0.15) is 64.5 Å². The van der Waals surface area contributed by atoms with Crippen LogP contribution in [0.4, 0.5) is 11.5 Å². The van der Waals surface area contributed by atoms with Crippen molar-refractivity contribution in [3.63, 3.8) is 0 Å². The van der Waals surface area contributed by atoms with Gasteiger partial charge < -0.3 is 15.5 Å². The zero-order valence-electron chi connectivity index (χ0n) is 21.3. The number of nitrogens with zero attached hydrogens (tertiary/aromatic N) is 3. The Hall–Kier alpha value is -3.09. The van der Waals surface area contributed by atoms with Gasteiger partial charge in [-0.3, -0.25) is 9.59 Å². The largest absolute Gasteiger partial charge is 0.356 e. The Morgan fingerprint density at radius 1 is 1.11 bits per heavy atom. The van der Waals surface area contributed by atoms with E-state index in [1.807, 2.05) is 55.8 Å². The molecule has 1 fully saturated rings. The summed E-state index contributed by atoms with van der Waals surface area (Å²) in [6.45, 7) is 7.93. The van der Waals surface area contributed by atoms with Gasteiger partial charge in [-0.25, -0.2) is 4.68 Å². The van der Waals surface area contributed by atoms with Crippen LogP contribution < -0.4 is 15.5 Å². The molecule has 7 heteroatoms. The highest BCUT2D eigenvalue weighted by atomic mass is 16.2. The van der Waals surface area contributed by atoms with Crippen molar-refractivity contribution in [2.75, 3.05) is 29.9 Å². The second-order valence-corrected chi connectivity index (χ2v) is 10.1. The molecule has 2 N–H and O–H groups in total. The zero-order valence-corrected chi connectivity index (χ0v) is 21.3. The van der Waals surface area contributed by atoms with Crippen LogP contribution in [0.15, 0.2) is 42.0 Å². The smallest absolute Gasteiger partial charge is 0.227 e. The molecule has 2 aromatic rings. The first kappa shape index (κ1) is 25.0. The Kier molecular flexibility index (Phi) is 8.26. The second kappa shape index (κ2) is 11.6. The van der Waals surface area contributed by atoms with Gasteiger partial charge in [0.2, 0.25) is 11.8 Å². The maximum atomic E-state index is 12.8. The number of piperidine rings is 1. The lowest BCUT2D eigenvalue weighted by Gasteiger charge is -2.33. The lowest BCUT2D eigenvalue weighted by molar-refractivity contribution is -0.125. The quantitative estimate of drug-likeness (QED) is 0.525. The molecular formula is C28H39N5O2. The fourth-order valence-corrected chi connectivity index (χ4v) is 4.95. The van der Waals surface area contributed by atoms with Crippen molar-refractivity contribution in [1.82, 2.24) is 15.1 Å². The average Bonchev–Trinajstić information content (AvgIpc) is 3.21. The number of benzene rings is 1. The first-order valence-corrected chi connectivity index (χ1v) is 13.1. The number of hydrogen-bond donors (Lipinski definition) is 2. The molecule has 1 aromatic carbocycles. The van der Waals surface area contributed by atoms with Crippen LogP contribution in [0, 0.1) is 18.8 Å². The molecule has 1 aliphatic carbocycles. The highest BCUT2D eigenvalue weighted by molar-refractivity contribution is 5.96. The van der Waals surface area contributed by atoms with Crippen LogP contribution in [0.3, 0.4) is 0 Å². The topological polar surface area (TPSA) is 79.3 Å². The molecule has 4 rings (SSSR count). The van der Waals surface area contributed by atoms with Gasteiger partial charge in [0.25, 0.3) is 0 Å². The molecule has 2 aliphatic rings. The van der Waals surface area contributed by atoms with E-state index in [2.05, 4.69) is 21.6 Å². The van der Waals surface area contributed by atoms with Gasteiger partial charge in [-0.15, -0.1) is 0 Å². The van der Waals surface area contributed by atoms with Gasteiger partial charge in [-0.2, -0.15) is 5.10 Å². The molecule has 188 valence electrons. The summed E-state index contributed by atoms with van der Waals surface area (Å²) >= 11 is 0. The number of carbonyl (C=O) groups excluding carboxylic acids is 2. The van der Waals surface area contributed by atoms with Crippen molar-refractivity contribution in [2.45, 2.75) is 65.7 Å². The molecule has 1 saturated heterocycles. The van der Waals surface area contributed by atoms with Crippen molar-refractivity contribution in [1.29, 1.82) is 0 Å². The summed E-state index contributed by atoms with van der Waals surface area (Å²) in [5.41, 5.74) is 3.99. The van der Waals surface area contributed by atoms with E-state index in [1.165, 1.54) is 31.3 Å². The van der Waals surface area contributed by atoms with Crippen molar-refractivity contribution >= 4 is 23.3 Å². The van der Waals surface area contributed by atoms with E-state index in [4.69, 9.17) is 5.10 Å². The fourth-order valence-electron chi connectivity index (χ4n) is 4.95. The lowest BCUT2D eigenvalue weighted by atomic mass is 9.95. The Bertz CT molecular complexity index is 1050. The van der Waals surface area contributed by atoms with E-state index >= 15 is 0 Å². The number of para-hydroxylation sites is 1. The molecule has 2 amide bonds. The normalized spacial score (nSPS) is 16.8. The maximum Gasteiger partial charge on any atom is 0.227 e. The number of allylic oxidation sites excluding steroid dienone is 1. The van der Waals surface area contributed by atoms with Gasteiger partial charge in [0.1, 0.15) is 5.69 Å². The number of aryl methyl sites for hydroxylation is 1. The minimum Gasteiger partial charge on any atom is -0.356 e. The lowest BCUT2D eigenvalue weighted by Crippen LogP contribution is -2.41. The Morgan fingerprint density at radius 3 is 2.51 bits per heavy atom. The predicted octanol–water partition coefficient (Wildman–Crippen LogP) is 5.00. The first-order chi connectivity index (χ1) is 16.9. The molecular weight excluding hydrogens is 438 g/mol. The minimum absolute atomic E-state index is 0.0227.